The van der Waals surface area contributed by atoms with Crippen molar-refractivity contribution in [3.8, 4) is 0 Å². The minimum absolute atomic E-state index is 0.124. The van der Waals surface area contributed by atoms with E-state index in [0.717, 1.165) is 38.9 Å². The quantitative estimate of drug-likeness (QED) is 0.0518. The molecule has 0 amide bonds. The van der Waals surface area contributed by atoms with Gasteiger partial charge in [-0.25, -0.2) is 0 Å². The van der Waals surface area contributed by atoms with Crippen molar-refractivity contribution in [1.29, 1.82) is 0 Å². The molecular weight excluding hydrogens is 921 g/mol. The highest BCUT2D eigenvalue weighted by Crippen LogP contribution is 2.37. The molecular formula is C62H66O11. The molecule has 73 heavy (non-hydrogen) atoms. The maximum Gasteiger partial charge on any atom is 0.187 e. The first kappa shape index (κ1) is 52.0. The fraction of sp³-hybridized carbons (Fsp3) is 0.323. The SMILES string of the molecule is CO[C@H]1O[C@H](COCc2ccccc2)[C@@H](O[C@@H]2O[C@H](COCc3ccccc3)[C@@H](OCc3ccccc3)[C@H](OCc3ccccc3)[C@@H]2OCc2ccccc2)[C@H](OCc2ccccc2)[C@H]1OCc1ccccc1. The summed E-state index contributed by atoms with van der Waals surface area (Å²) >= 11 is 0. The molecule has 0 bridgehead atoms. The Morgan fingerprint density at radius 1 is 0.288 bits per heavy atom. The Morgan fingerprint density at radius 2 is 0.548 bits per heavy atom. The van der Waals surface area contributed by atoms with Crippen molar-refractivity contribution >= 4 is 0 Å². The van der Waals surface area contributed by atoms with Crippen LogP contribution in [0.5, 0.6) is 0 Å². The van der Waals surface area contributed by atoms with E-state index in [9.17, 15) is 0 Å². The Labute approximate surface area is 429 Å². The van der Waals surface area contributed by atoms with Gasteiger partial charge in [-0.15, -0.1) is 0 Å². The van der Waals surface area contributed by atoms with E-state index in [-0.39, 0.29) is 46.2 Å². The third kappa shape index (κ3) is 15.3. The molecule has 2 aliphatic rings. The van der Waals surface area contributed by atoms with Crippen LogP contribution in [0.1, 0.15) is 38.9 Å². The lowest BCUT2D eigenvalue weighted by atomic mass is 9.95. The Bertz CT molecular complexity index is 2560. The standard InChI is InChI=1S/C62H66O11/c1-63-61-59(69-42-51-33-19-7-20-34-51)58(68-41-50-31-17-6-18-32-50)56(54(71-61)45-65-38-47-25-11-3-12-26-47)73-62-60(70-43-52-35-21-8-22-36-52)57(67-40-49-29-15-5-16-30-49)55(66-39-48-27-13-4-14-28-48)53(72-62)44-64-37-46-23-9-2-10-24-46/h2-36,53-62H,37-45H2,1H3/t53-,54-,55-,56-,57+,58+,59-,60+,61+,62+/m1/s1. The van der Waals surface area contributed by atoms with Gasteiger partial charge in [0.05, 0.1) is 59.5 Å². The van der Waals surface area contributed by atoms with Gasteiger partial charge in [0.1, 0.15) is 48.8 Å². The first-order valence-electron chi connectivity index (χ1n) is 25.2. The van der Waals surface area contributed by atoms with Crippen molar-refractivity contribution < 1.29 is 52.1 Å². The minimum Gasteiger partial charge on any atom is -0.374 e. The molecule has 2 aliphatic heterocycles. The summed E-state index contributed by atoms with van der Waals surface area (Å²) < 4.78 is 75.9. The van der Waals surface area contributed by atoms with Crippen LogP contribution in [0, 0.1) is 0 Å². The van der Waals surface area contributed by atoms with Crippen LogP contribution in [0.25, 0.3) is 0 Å². The van der Waals surface area contributed by atoms with E-state index in [1.165, 1.54) is 0 Å². The van der Waals surface area contributed by atoms with Crippen molar-refractivity contribution in [2.24, 2.45) is 0 Å². The summed E-state index contributed by atoms with van der Waals surface area (Å²) in [6.07, 6.45) is -8.10. The summed E-state index contributed by atoms with van der Waals surface area (Å²) in [6, 6.07) is 70.4. The van der Waals surface area contributed by atoms with E-state index < -0.39 is 61.4 Å². The molecule has 2 fully saturated rings. The molecule has 9 rings (SSSR count). The van der Waals surface area contributed by atoms with Crippen molar-refractivity contribution in [1.82, 2.24) is 0 Å². The first-order valence-corrected chi connectivity index (χ1v) is 25.2. The second-order valence-corrected chi connectivity index (χ2v) is 18.2. The van der Waals surface area contributed by atoms with Crippen LogP contribution < -0.4 is 0 Å². The Hall–Kier alpha value is -5.90. The Balaban J connectivity index is 1.11. The molecule has 2 saturated heterocycles. The predicted octanol–water partition coefficient (Wildman–Crippen LogP) is 10.8. The summed E-state index contributed by atoms with van der Waals surface area (Å²) in [6.45, 7) is 2.27. The highest BCUT2D eigenvalue weighted by Gasteiger charge is 2.54. The lowest BCUT2D eigenvalue weighted by Gasteiger charge is -2.50. The van der Waals surface area contributed by atoms with Crippen molar-refractivity contribution in [2.75, 3.05) is 20.3 Å². The van der Waals surface area contributed by atoms with E-state index in [1.807, 2.05) is 212 Å². The summed E-state index contributed by atoms with van der Waals surface area (Å²) in [7, 11) is 1.61. The van der Waals surface area contributed by atoms with Gasteiger partial charge in [-0.1, -0.05) is 212 Å². The molecule has 0 spiro atoms. The summed E-state index contributed by atoms with van der Waals surface area (Å²) in [4.78, 5) is 0. The van der Waals surface area contributed by atoms with Crippen LogP contribution in [-0.2, 0) is 98.4 Å². The van der Waals surface area contributed by atoms with E-state index in [0.29, 0.717) is 13.2 Å². The summed E-state index contributed by atoms with van der Waals surface area (Å²) in [5, 5.41) is 0. The predicted molar refractivity (Wildman–Crippen MR) is 276 cm³/mol. The highest BCUT2D eigenvalue weighted by molar-refractivity contribution is 5.19. The van der Waals surface area contributed by atoms with E-state index in [2.05, 4.69) is 0 Å². The van der Waals surface area contributed by atoms with Crippen molar-refractivity contribution in [3.63, 3.8) is 0 Å². The molecule has 0 saturated carbocycles. The van der Waals surface area contributed by atoms with E-state index in [1.54, 1.807) is 7.11 Å². The van der Waals surface area contributed by atoms with Crippen LogP contribution in [0.3, 0.4) is 0 Å². The molecule has 7 aromatic rings. The van der Waals surface area contributed by atoms with Crippen LogP contribution in [0.2, 0.25) is 0 Å². The molecule has 10 atom stereocenters. The van der Waals surface area contributed by atoms with Gasteiger partial charge in [-0.3, -0.25) is 0 Å². The number of hydrogen-bond donors (Lipinski definition) is 0. The maximum atomic E-state index is 7.51. The first-order chi connectivity index (χ1) is 36.2. The fourth-order valence-corrected chi connectivity index (χ4v) is 9.14. The third-order valence-electron chi connectivity index (χ3n) is 12.9. The zero-order valence-corrected chi connectivity index (χ0v) is 41.3. The largest absolute Gasteiger partial charge is 0.374 e. The molecule has 0 unspecified atom stereocenters. The topological polar surface area (TPSA) is 102 Å². The van der Waals surface area contributed by atoms with E-state index in [4.69, 9.17) is 52.1 Å². The van der Waals surface area contributed by atoms with Gasteiger partial charge in [0, 0.05) is 7.11 Å². The summed E-state index contributed by atoms with van der Waals surface area (Å²) in [5.41, 5.74) is 6.95. The van der Waals surface area contributed by atoms with Gasteiger partial charge >= 0.3 is 0 Å². The third-order valence-corrected chi connectivity index (χ3v) is 12.9. The molecule has 0 N–H and O–H groups in total. The molecule has 0 radical (unpaired) electrons. The zero-order chi connectivity index (χ0) is 49.7. The van der Waals surface area contributed by atoms with Gasteiger partial charge in [-0.05, 0) is 38.9 Å². The number of ether oxygens (including phenoxy) is 11. The molecule has 0 aliphatic carbocycles. The molecule has 0 aromatic heterocycles. The lowest BCUT2D eigenvalue weighted by molar-refractivity contribution is -0.376. The van der Waals surface area contributed by atoms with Crippen LogP contribution in [0.15, 0.2) is 212 Å². The summed E-state index contributed by atoms with van der Waals surface area (Å²) in [5.74, 6) is 0. The average Bonchev–Trinajstić information content (AvgIpc) is 3.45. The second-order valence-electron chi connectivity index (χ2n) is 18.2. The van der Waals surface area contributed by atoms with Crippen LogP contribution in [0.4, 0.5) is 0 Å². The zero-order valence-electron chi connectivity index (χ0n) is 41.3. The lowest BCUT2D eigenvalue weighted by Crippen LogP contribution is -2.66. The van der Waals surface area contributed by atoms with Crippen LogP contribution in [-0.4, -0.2) is 81.7 Å². The number of benzene rings is 7. The Morgan fingerprint density at radius 3 is 0.890 bits per heavy atom. The van der Waals surface area contributed by atoms with E-state index >= 15 is 0 Å². The van der Waals surface area contributed by atoms with Gasteiger partial charge in [0.2, 0.25) is 0 Å². The number of hydrogen-bond acceptors (Lipinski definition) is 11. The van der Waals surface area contributed by atoms with Gasteiger partial charge in [-0.2, -0.15) is 0 Å². The van der Waals surface area contributed by atoms with Crippen molar-refractivity contribution in [3.05, 3.63) is 251 Å². The minimum atomic E-state index is -1.09. The number of rotatable bonds is 26. The van der Waals surface area contributed by atoms with Crippen LogP contribution >= 0.6 is 0 Å². The smallest absolute Gasteiger partial charge is 0.187 e. The molecule has 380 valence electrons. The number of methoxy groups -OCH3 is 1. The van der Waals surface area contributed by atoms with Gasteiger partial charge in [0.15, 0.2) is 12.6 Å². The second kappa shape index (κ2) is 28.0. The average molecular weight is 987 g/mol. The molecule has 7 aromatic carbocycles. The maximum absolute atomic E-state index is 7.51. The van der Waals surface area contributed by atoms with Gasteiger partial charge < -0.3 is 52.1 Å². The molecule has 2 heterocycles. The highest BCUT2D eigenvalue weighted by atomic mass is 16.8. The monoisotopic (exact) mass is 986 g/mol. The molecule has 11 heteroatoms. The normalized spacial score (nSPS) is 24.0. The van der Waals surface area contributed by atoms with Gasteiger partial charge in [0.25, 0.3) is 0 Å². The molecule has 11 nitrogen and oxygen atoms in total. The fourth-order valence-electron chi connectivity index (χ4n) is 9.14. The Kier molecular flexibility index (Phi) is 19.9. The van der Waals surface area contributed by atoms with Crippen molar-refractivity contribution in [2.45, 2.75) is 108 Å².